The third-order valence-corrected chi connectivity index (χ3v) is 10.7. The molecular weight excluding hydrogens is 450 g/mol. The Labute approximate surface area is 194 Å². The Hall–Kier alpha value is -1.64. The van der Waals surface area contributed by atoms with Gasteiger partial charge in [0.1, 0.15) is 5.41 Å². The maximum atomic E-state index is 13.4. The fourth-order valence-electron chi connectivity index (χ4n) is 6.95. The number of likely N-dealkylation sites (tertiary alicyclic amines) is 1. The van der Waals surface area contributed by atoms with Crippen molar-refractivity contribution in [2.24, 2.45) is 28.3 Å². The first kappa shape index (κ1) is 22.2. The summed E-state index contributed by atoms with van der Waals surface area (Å²) in [6, 6.07) is 7.33. The molecule has 4 saturated carbocycles. The number of sulfonamides is 1. The first-order chi connectivity index (χ1) is 15.0. The van der Waals surface area contributed by atoms with Crippen LogP contribution in [-0.2, 0) is 26.2 Å². The molecule has 6 rings (SSSR count). The molecule has 1 saturated heterocycles. The van der Waals surface area contributed by atoms with Crippen LogP contribution in [0, 0.1) is 23.2 Å². The van der Waals surface area contributed by atoms with E-state index in [0.29, 0.717) is 49.7 Å². The Balaban J connectivity index is 1.29. The number of carbonyl (C=O) groups is 2. The Bertz CT molecular complexity index is 1060. The topological polar surface area (TPSA) is 110 Å². The molecule has 1 aromatic rings. The third kappa shape index (κ3) is 3.37. The molecule has 1 heterocycles. The highest BCUT2D eigenvalue weighted by atomic mass is 35.5. The second-order valence-corrected chi connectivity index (χ2v) is 13.0. The molecule has 2 amide bonds. The summed E-state index contributed by atoms with van der Waals surface area (Å²) in [7, 11) is -3.63. The molecule has 32 heavy (non-hydrogen) atoms. The molecule has 9 heteroatoms. The summed E-state index contributed by atoms with van der Waals surface area (Å²) in [5, 5.41) is 9.43. The number of carbonyl (C=O) groups excluding carboxylic acids is 2. The predicted octanol–water partition coefficient (Wildman–Crippen LogP) is 2.43. The summed E-state index contributed by atoms with van der Waals surface area (Å²) in [6.45, 7) is 2.61. The van der Waals surface area contributed by atoms with E-state index in [9.17, 15) is 18.0 Å². The van der Waals surface area contributed by atoms with Crippen molar-refractivity contribution in [3.63, 3.8) is 0 Å². The lowest BCUT2D eigenvalue weighted by Gasteiger charge is -2.59. The highest BCUT2D eigenvalue weighted by Gasteiger charge is 2.61. The van der Waals surface area contributed by atoms with E-state index in [-0.39, 0.29) is 29.7 Å². The molecule has 0 radical (unpaired) electrons. The summed E-state index contributed by atoms with van der Waals surface area (Å²) < 4.78 is 23.9. The zero-order chi connectivity index (χ0) is 22.9. The minimum atomic E-state index is -3.63. The van der Waals surface area contributed by atoms with Crippen molar-refractivity contribution in [1.82, 2.24) is 10.2 Å². The van der Waals surface area contributed by atoms with E-state index >= 15 is 0 Å². The maximum Gasteiger partial charge on any atom is 0.238 e. The highest BCUT2D eigenvalue weighted by molar-refractivity contribution is 7.90. The molecular formula is C23H30ClN3O4S. The number of benzene rings is 1. The second kappa shape index (κ2) is 7.43. The monoisotopic (exact) mass is 479 g/mol. The SMILES string of the molecule is CC1(C(=O)NC2[C@@H]3CC4C[C@H]2CC(S(N)(=O)=O)(C4)C3)CCN(Cc2ccccc2Cl)C1=O. The molecule has 0 aromatic heterocycles. The molecule has 3 N–H and O–H groups in total. The molecule has 4 unspecified atom stereocenters. The predicted molar refractivity (Wildman–Crippen MR) is 121 cm³/mol. The lowest BCUT2D eigenvalue weighted by atomic mass is 9.53. The van der Waals surface area contributed by atoms with E-state index in [0.717, 1.165) is 18.4 Å². The fraction of sp³-hybridized carbons (Fsp3) is 0.652. The second-order valence-electron chi connectivity index (χ2n) is 10.6. The molecule has 5 aliphatic rings. The van der Waals surface area contributed by atoms with Crippen LogP contribution in [0.5, 0.6) is 0 Å². The van der Waals surface area contributed by atoms with Crippen LogP contribution in [0.25, 0.3) is 0 Å². The largest absolute Gasteiger partial charge is 0.352 e. The average Bonchev–Trinajstić information content (AvgIpc) is 3.00. The van der Waals surface area contributed by atoms with Crippen molar-refractivity contribution >= 4 is 33.4 Å². The van der Waals surface area contributed by atoms with E-state index in [1.54, 1.807) is 17.9 Å². The lowest BCUT2D eigenvalue weighted by Crippen LogP contribution is -2.65. The van der Waals surface area contributed by atoms with Crippen molar-refractivity contribution in [3.8, 4) is 0 Å². The summed E-state index contributed by atoms with van der Waals surface area (Å²) >= 11 is 6.26. The van der Waals surface area contributed by atoms with Crippen molar-refractivity contribution < 1.29 is 18.0 Å². The number of nitrogens with zero attached hydrogens (tertiary/aromatic N) is 1. The molecule has 5 fully saturated rings. The van der Waals surface area contributed by atoms with Crippen LogP contribution in [0.3, 0.4) is 0 Å². The number of nitrogens with two attached hydrogens (primary N) is 1. The minimum Gasteiger partial charge on any atom is -0.352 e. The Kier molecular flexibility index (Phi) is 5.15. The molecule has 7 nitrogen and oxygen atoms in total. The summed E-state index contributed by atoms with van der Waals surface area (Å²) in [5.41, 5.74) is -0.255. The molecule has 6 atom stereocenters. The van der Waals surface area contributed by atoms with Gasteiger partial charge in [0.15, 0.2) is 0 Å². The van der Waals surface area contributed by atoms with Gasteiger partial charge in [0.05, 0.1) is 4.75 Å². The van der Waals surface area contributed by atoms with E-state index in [1.165, 1.54) is 0 Å². The van der Waals surface area contributed by atoms with E-state index < -0.39 is 20.2 Å². The van der Waals surface area contributed by atoms with Gasteiger partial charge in [0.2, 0.25) is 21.8 Å². The van der Waals surface area contributed by atoms with Crippen molar-refractivity contribution in [2.45, 2.75) is 62.8 Å². The van der Waals surface area contributed by atoms with Gasteiger partial charge in [-0.2, -0.15) is 0 Å². The van der Waals surface area contributed by atoms with Gasteiger partial charge < -0.3 is 10.2 Å². The average molecular weight is 480 g/mol. The van der Waals surface area contributed by atoms with Gasteiger partial charge in [-0.3, -0.25) is 9.59 Å². The van der Waals surface area contributed by atoms with Gasteiger partial charge in [-0.25, -0.2) is 13.6 Å². The number of primary sulfonamides is 1. The van der Waals surface area contributed by atoms with Gasteiger partial charge >= 0.3 is 0 Å². The standard InChI is InChI=1S/C23H30ClN3O4S/c1-22(6-7-27(21(22)29)13-15-4-2-3-5-18(15)24)20(28)26-19-16-8-14-9-17(19)12-23(10-14,11-16)32(25,30)31/h2-5,14,16-17,19H,6-13H2,1H3,(H,26,28)(H2,25,30,31)/t14?,16-,17+,19?,22?,23?. The van der Waals surface area contributed by atoms with Gasteiger partial charge in [-0.05, 0) is 74.8 Å². The first-order valence-electron chi connectivity index (χ1n) is 11.4. The zero-order valence-electron chi connectivity index (χ0n) is 18.2. The first-order valence-corrected chi connectivity index (χ1v) is 13.3. The van der Waals surface area contributed by atoms with Crippen molar-refractivity contribution in [1.29, 1.82) is 0 Å². The number of halogens is 1. The number of rotatable bonds is 5. The molecule has 4 bridgehead atoms. The quantitative estimate of drug-likeness (QED) is 0.632. The molecule has 0 spiro atoms. The van der Waals surface area contributed by atoms with Crippen LogP contribution in [0.1, 0.15) is 51.0 Å². The van der Waals surface area contributed by atoms with E-state index in [2.05, 4.69) is 5.32 Å². The van der Waals surface area contributed by atoms with Crippen LogP contribution in [0.2, 0.25) is 5.02 Å². The van der Waals surface area contributed by atoms with Gasteiger partial charge in [0, 0.05) is 24.2 Å². The van der Waals surface area contributed by atoms with E-state index in [1.807, 2.05) is 18.2 Å². The van der Waals surface area contributed by atoms with Crippen LogP contribution in [-0.4, -0.2) is 42.5 Å². The number of nitrogens with one attached hydrogen (secondary N) is 1. The molecule has 4 aliphatic carbocycles. The number of hydrogen-bond donors (Lipinski definition) is 2. The van der Waals surface area contributed by atoms with Gasteiger partial charge in [0.25, 0.3) is 0 Å². The van der Waals surface area contributed by atoms with Crippen LogP contribution >= 0.6 is 11.6 Å². The zero-order valence-corrected chi connectivity index (χ0v) is 19.8. The summed E-state index contributed by atoms with van der Waals surface area (Å²) in [6.07, 6.45) is 3.95. The van der Waals surface area contributed by atoms with Crippen LogP contribution in [0.4, 0.5) is 0 Å². The van der Waals surface area contributed by atoms with Crippen LogP contribution < -0.4 is 10.5 Å². The Morgan fingerprint density at radius 1 is 1.22 bits per heavy atom. The third-order valence-electron chi connectivity index (χ3n) is 8.58. The molecule has 1 aromatic carbocycles. The lowest BCUT2D eigenvalue weighted by molar-refractivity contribution is -0.146. The van der Waals surface area contributed by atoms with Crippen molar-refractivity contribution in [3.05, 3.63) is 34.9 Å². The molecule has 174 valence electrons. The Morgan fingerprint density at radius 3 is 2.50 bits per heavy atom. The Morgan fingerprint density at radius 2 is 1.88 bits per heavy atom. The minimum absolute atomic E-state index is 0.0869. The fourth-order valence-corrected chi connectivity index (χ4v) is 8.51. The maximum absolute atomic E-state index is 13.4. The smallest absolute Gasteiger partial charge is 0.238 e. The number of amides is 2. The van der Waals surface area contributed by atoms with E-state index in [4.69, 9.17) is 16.7 Å². The van der Waals surface area contributed by atoms with Crippen molar-refractivity contribution in [2.75, 3.05) is 6.54 Å². The van der Waals surface area contributed by atoms with Gasteiger partial charge in [-0.1, -0.05) is 29.8 Å². The van der Waals surface area contributed by atoms with Gasteiger partial charge in [-0.15, -0.1) is 0 Å². The summed E-state index contributed by atoms with van der Waals surface area (Å²) in [5.74, 6) is 0.130. The normalized spacial score (nSPS) is 38.3. The summed E-state index contributed by atoms with van der Waals surface area (Å²) in [4.78, 5) is 28.3. The highest BCUT2D eigenvalue weighted by Crippen LogP contribution is 2.58. The number of hydrogen-bond acceptors (Lipinski definition) is 4. The van der Waals surface area contributed by atoms with Crippen LogP contribution in [0.15, 0.2) is 24.3 Å². The molecule has 1 aliphatic heterocycles.